The van der Waals surface area contributed by atoms with Gasteiger partial charge in [0.05, 0.1) is 0 Å². The summed E-state index contributed by atoms with van der Waals surface area (Å²) < 4.78 is 6.82. The van der Waals surface area contributed by atoms with Crippen LogP contribution in [0.1, 0.15) is 117 Å². The quantitative estimate of drug-likeness (QED) is 0.142. The van der Waals surface area contributed by atoms with Gasteiger partial charge < -0.3 is 4.12 Å². The molecular formula is C24H54OSi2. The summed E-state index contributed by atoms with van der Waals surface area (Å²) in [6.07, 6.45) is 22.8. The predicted octanol–water partition coefficient (Wildman–Crippen LogP) is 9.69. The van der Waals surface area contributed by atoms with Gasteiger partial charge in [0.2, 0.25) is 0 Å². The summed E-state index contributed by atoms with van der Waals surface area (Å²) in [5, 5.41) is 0. The van der Waals surface area contributed by atoms with Crippen molar-refractivity contribution in [2.75, 3.05) is 0 Å². The highest BCUT2D eigenvalue weighted by molar-refractivity contribution is 6.84. The number of hydrogen-bond donors (Lipinski definition) is 0. The van der Waals surface area contributed by atoms with Gasteiger partial charge in [-0.3, -0.25) is 0 Å². The Kier molecular flexibility index (Phi) is 17.5. The van der Waals surface area contributed by atoms with Crippen molar-refractivity contribution in [2.24, 2.45) is 0 Å². The molecule has 0 fully saturated rings. The second kappa shape index (κ2) is 17.3. The Hall–Kier alpha value is 0.394. The molecule has 0 aromatic rings. The second-order valence-corrected chi connectivity index (χ2v) is 19.1. The van der Waals surface area contributed by atoms with E-state index in [9.17, 15) is 0 Å². The summed E-state index contributed by atoms with van der Waals surface area (Å²) in [6, 6.07) is 2.81. The van der Waals surface area contributed by atoms with Crippen LogP contribution in [0.25, 0.3) is 0 Å². The number of unbranched alkanes of at least 4 members (excludes halogenated alkanes) is 14. The van der Waals surface area contributed by atoms with Crippen LogP contribution >= 0.6 is 0 Å². The summed E-state index contributed by atoms with van der Waals surface area (Å²) >= 11 is 0. The number of hydrogen-bond acceptors (Lipinski definition) is 1. The molecule has 0 saturated heterocycles. The standard InChI is InChI=1S/C24H54OSi2/c1-7-9-11-13-15-17-19-21-23-27(6,25-26(3,4)5)24-22-20-18-16-14-12-10-8-2/h7-24H2,1-6H3. The van der Waals surface area contributed by atoms with Crippen molar-refractivity contribution in [1.29, 1.82) is 0 Å². The van der Waals surface area contributed by atoms with Gasteiger partial charge >= 0.3 is 0 Å². The summed E-state index contributed by atoms with van der Waals surface area (Å²) in [5.74, 6) is 0. The van der Waals surface area contributed by atoms with Crippen LogP contribution < -0.4 is 0 Å². The van der Waals surface area contributed by atoms with E-state index >= 15 is 0 Å². The fourth-order valence-electron chi connectivity index (χ4n) is 4.23. The molecule has 0 heterocycles. The van der Waals surface area contributed by atoms with E-state index in [1.165, 1.54) is 115 Å². The Balaban J connectivity index is 3.99. The third kappa shape index (κ3) is 19.5. The van der Waals surface area contributed by atoms with Crippen molar-refractivity contribution in [3.05, 3.63) is 0 Å². The van der Waals surface area contributed by atoms with E-state index in [1.807, 2.05) is 0 Å². The van der Waals surface area contributed by atoms with Gasteiger partial charge in [-0.1, -0.05) is 117 Å². The second-order valence-electron chi connectivity index (χ2n) is 10.1. The monoisotopic (exact) mass is 414 g/mol. The molecule has 0 radical (unpaired) electrons. The topological polar surface area (TPSA) is 9.23 Å². The van der Waals surface area contributed by atoms with Crippen LogP contribution in [0.15, 0.2) is 0 Å². The lowest BCUT2D eigenvalue weighted by molar-refractivity contribution is 0.514. The Morgan fingerprint density at radius 2 is 0.741 bits per heavy atom. The zero-order valence-electron chi connectivity index (χ0n) is 20.1. The van der Waals surface area contributed by atoms with Crippen LogP contribution in [-0.2, 0) is 4.12 Å². The largest absolute Gasteiger partial charge is 0.456 e. The maximum Gasteiger partial charge on any atom is 0.176 e. The fourth-order valence-corrected chi connectivity index (χ4v) is 13.2. The molecule has 0 saturated carbocycles. The molecule has 0 rings (SSSR count). The Bertz CT molecular complexity index is 292. The van der Waals surface area contributed by atoms with Gasteiger partial charge in [0.1, 0.15) is 0 Å². The molecule has 0 atom stereocenters. The first kappa shape index (κ1) is 27.4. The van der Waals surface area contributed by atoms with E-state index in [1.54, 1.807) is 0 Å². The van der Waals surface area contributed by atoms with Crippen molar-refractivity contribution in [2.45, 2.75) is 155 Å². The smallest absolute Gasteiger partial charge is 0.176 e. The van der Waals surface area contributed by atoms with Gasteiger partial charge in [0, 0.05) is 0 Å². The lowest BCUT2D eigenvalue weighted by Crippen LogP contribution is -2.44. The highest BCUT2D eigenvalue weighted by atomic mass is 28.4. The normalized spacial score (nSPS) is 12.7. The molecule has 27 heavy (non-hydrogen) atoms. The first-order valence-electron chi connectivity index (χ1n) is 12.5. The highest BCUT2D eigenvalue weighted by Gasteiger charge is 2.33. The van der Waals surface area contributed by atoms with Crippen molar-refractivity contribution in [1.82, 2.24) is 0 Å². The van der Waals surface area contributed by atoms with Crippen LogP contribution in [-0.4, -0.2) is 16.6 Å². The Labute approximate surface area is 175 Å². The van der Waals surface area contributed by atoms with Crippen molar-refractivity contribution in [3.63, 3.8) is 0 Å². The average molecular weight is 415 g/mol. The maximum absolute atomic E-state index is 6.82. The van der Waals surface area contributed by atoms with Gasteiger partial charge in [-0.05, 0) is 38.3 Å². The first-order chi connectivity index (χ1) is 12.8. The summed E-state index contributed by atoms with van der Waals surface area (Å²) in [5.41, 5.74) is 0. The molecule has 0 amide bonds. The molecule has 0 unspecified atom stereocenters. The van der Waals surface area contributed by atoms with E-state index in [2.05, 4.69) is 40.0 Å². The van der Waals surface area contributed by atoms with Gasteiger partial charge in [-0.2, -0.15) is 0 Å². The Morgan fingerprint density at radius 3 is 1.04 bits per heavy atom. The van der Waals surface area contributed by atoms with Crippen molar-refractivity contribution < 1.29 is 4.12 Å². The lowest BCUT2D eigenvalue weighted by Gasteiger charge is -2.35. The maximum atomic E-state index is 6.82. The van der Waals surface area contributed by atoms with Crippen LogP contribution in [0.2, 0.25) is 38.3 Å². The lowest BCUT2D eigenvalue weighted by atomic mass is 10.1. The molecular weight excluding hydrogens is 360 g/mol. The van der Waals surface area contributed by atoms with Gasteiger partial charge in [-0.15, -0.1) is 0 Å². The molecule has 0 bridgehead atoms. The molecule has 0 aromatic carbocycles. The van der Waals surface area contributed by atoms with E-state index in [-0.39, 0.29) is 0 Å². The minimum atomic E-state index is -1.49. The SMILES string of the molecule is CCCCCCCCCC[Si](C)(CCCCCCCCCC)O[Si](C)(C)C. The third-order valence-electron chi connectivity index (χ3n) is 5.67. The predicted molar refractivity (Wildman–Crippen MR) is 131 cm³/mol. The minimum absolute atomic E-state index is 1.36. The van der Waals surface area contributed by atoms with Crippen molar-refractivity contribution >= 4 is 16.6 Å². The van der Waals surface area contributed by atoms with Crippen LogP contribution in [0, 0.1) is 0 Å². The molecule has 0 aromatic heterocycles. The van der Waals surface area contributed by atoms with Gasteiger partial charge in [0.15, 0.2) is 16.6 Å². The molecule has 0 aliphatic carbocycles. The molecule has 0 aliphatic heterocycles. The molecule has 0 aliphatic rings. The summed E-state index contributed by atoms with van der Waals surface area (Å²) in [6.45, 7) is 14.3. The average Bonchev–Trinajstić information content (AvgIpc) is 2.58. The van der Waals surface area contributed by atoms with E-state index in [0.717, 1.165) is 0 Å². The molecule has 1 nitrogen and oxygen atoms in total. The van der Waals surface area contributed by atoms with Gasteiger partial charge in [-0.25, -0.2) is 0 Å². The van der Waals surface area contributed by atoms with Crippen LogP contribution in [0.3, 0.4) is 0 Å². The van der Waals surface area contributed by atoms with Crippen LogP contribution in [0.5, 0.6) is 0 Å². The summed E-state index contributed by atoms with van der Waals surface area (Å²) in [4.78, 5) is 0. The fraction of sp³-hybridized carbons (Fsp3) is 1.00. The zero-order chi connectivity index (χ0) is 20.4. The number of rotatable bonds is 20. The zero-order valence-corrected chi connectivity index (χ0v) is 22.1. The van der Waals surface area contributed by atoms with Crippen molar-refractivity contribution in [3.8, 4) is 0 Å². The molecule has 0 N–H and O–H groups in total. The molecule has 3 heteroatoms. The first-order valence-corrected chi connectivity index (χ1v) is 18.8. The van der Waals surface area contributed by atoms with E-state index < -0.39 is 16.6 Å². The molecule has 164 valence electrons. The minimum Gasteiger partial charge on any atom is -0.456 e. The highest BCUT2D eigenvalue weighted by Crippen LogP contribution is 2.28. The third-order valence-corrected chi connectivity index (χ3v) is 12.9. The van der Waals surface area contributed by atoms with E-state index in [0.29, 0.717) is 0 Å². The van der Waals surface area contributed by atoms with E-state index in [4.69, 9.17) is 4.12 Å². The summed E-state index contributed by atoms with van der Waals surface area (Å²) in [7, 11) is -2.90. The molecule has 0 spiro atoms. The Morgan fingerprint density at radius 1 is 0.444 bits per heavy atom. The van der Waals surface area contributed by atoms with Gasteiger partial charge in [0.25, 0.3) is 0 Å². The van der Waals surface area contributed by atoms with Crippen LogP contribution in [0.4, 0.5) is 0 Å².